The molecule has 4 rings (SSSR count). The molecule has 0 amide bonds. The van der Waals surface area contributed by atoms with Crippen LogP contribution in [0.4, 0.5) is 5.82 Å². The Morgan fingerprint density at radius 1 is 0.875 bits per heavy atom. The molecule has 24 heavy (non-hydrogen) atoms. The van der Waals surface area contributed by atoms with Crippen LogP contribution in [0.25, 0.3) is 11.4 Å². The molecule has 0 spiro atoms. The number of fused-ring (bicyclic) bond motifs is 1. The molecule has 0 fully saturated rings. The zero-order valence-corrected chi connectivity index (χ0v) is 13.4. The van der Waals surface area contributed by atoms with E-state index in [1.165, 1.54) is 24.1 Å². The maximum absolute atomic E-state index is 4.70. The quantitative estimate of drug-likeness (QED) is 0.799. The van der Waals surface area contributed by atoms with Crippen LogP contribution in [0.1, 0.15) is 29.8 Å². The van der Waals surface area contributed by atoms with Gasteiger partial charge in [0.25, 0.3) is 0 Å². The second kappa shape index (κ2) is 6.74. The molecule has 0 aliphatic heterocycles. The van der Waals surface area contributed by atoms with E-state index < -0.39 is 0 Å². The Kier molecular flexibility index (Phi) is 4.14. The summed E-state index contributed by atoms with van der Waals surface area (Å²) >= 11 is 0. The van der Waals surface area contributed by atoms with Gasteiger partial charge < -0.3 is 5.32 Å². The van der Waals surface area contributed by atoms with E-state index in [1.807, 2.05) is 36.4 Å². The molecular formula is C19H19N5. The van der Waals surface area contributed by atoms with Gasteiger partial charge in [0.05, 0.1) is 23.6 Å². The number of aromatic nitrogens is 4. The van der Waals surface area contributed by atoms with Crippen molar-refractivity contribution in [1.82, 2.24) is 19.9 Å². The summed E-state index contributed by atoms with van der Waals surface area (Å²) in [6, 6.07) is 11.9. The summed E-state index contributed by atoms with van der Waals surface area (Å²) in [5.41, 5.74) is 5.21. The predicted octanol–water partition coefficient (Wildman–Crippen LogP) is 3.42. The Morgan fingerprint density at radius 3 is 2.71 bits per heavy atom. The first-order valence-corrected chi connectivity index (χ1v) is 8.34. The third-order valence-electron chi connectivity index (χ3n) is 4.30. The molecule has 0 saturated heterocycles. The van der Waals surface area contributed by atoms with E-state index in [4.69, 9.17) is 4.98 Å². The molecule has 5 heteroatoms. The number of pyridine rings is 2. The molecule has 5 nitrogen and oxygen atoms in total. The molecule has 3 aromatic rings. The van der Waals surface area contributed by atoms with Crippen LogP contribution in [-0.2, 0) is 19.4 Å². The summed E-state index contributed by atoms with van der Waals surface area (Å²) < 4.78 is 0. The second-order valence-electron chi connectivity index (χ2n) is 5.94. The first kappa shape index (κ1) is 14.8. The fourth-order valence-electron chi connectivity index (χ4n) is 3.08. The van der Waals surface area contributed by atoms with Crippen molar-refractivity contribution in [2.45, 2.75) is 32.2 Å². The SMILES string of the molecule is c1ccc(-c2cccc(CNc3ncnc4c3CCCC4)n2)nc1. The Hall–Kier alpha value is -2.82. The average molecular weight is 317 g/mol. The van der Waals surface area contributed by atoms with Gasteiger partial charge >= 0.3 is 0 Å². The largest absolute Gasteiger partial charge is 0.364 e. The molecule has 3 heterocycles. The van der Waals surface area contributed by atoms with Gasteiger partial charge in [-0.2, -0.15) is 0 Å². The van der Waals surface area contributed by atoms with Gasteiger partial charge in [-0.25, -0.2) is 15.0 Å². The standard InChI is InChI=1S/C19H19N5/c1-2-8-16-15(7-1)19(23-13-22-16)21-12-14-6-5-10-18(24-14)17-9-3-4-11-20-17/h3-6,9-11,13H,1-2,7-8,12H2,(H,21,22,23). The van der Waals surface area contributed by atoms with Gasteiger partial charge in [-0.1, -0.05) is 12.1 Å². The second-order valence-corrected chi connectivity index (χ2v) is 5.94. The summed E-state index contributed by atoms with van der Waals surface area (Å²) in [6.45, 7) is 0.643. The lowest BCUT2D eigenvalue weighted by Gasteiger charge is -2.18. The summed E-state index contributed by atoms with van der Waals surface area (Å²) in [5.74, 6) is 0.949. The molecular weight excluding hydrogens is 298 g/mol. The van der Waals surface area contributed by atoms with Crippen molar-refractivity contribution in [3.05, 3.63) is 65.9 Å². The highest BCUT2D eigenvalue weighted by Crippen LogP contribution is 2.24. The van der Waals surface area contributed by atoms with E-state index in [1.54, 1.807) is 12.5 Å². The number of nitrogens with zero attached hydrogens (tertiary/aromatic N) is 4. The highest BCUT2D eigenvalue weighted by Gasteiger charge is 2.15. The molecule has 0 aromatic carbocycles. The first-order chi connectivity index (χ1) is 11.9. The molecule has 0 unspecified atom stereocenters. The van der Waals surface area contributed by atoms with Crippen LogP contribution in [-0.4, -0.2) is 19.9 Å². The van der Waals surface area contributed by atoms with E-state index in [9.17, 15) is 0 Å². The van der Waals surface area contributed by atoms with Crippen LogP contribution < -0.4 is 5.32 Å². The van der Waals surface area contributed by atoms with Crippen molar-refractivity contribution in [3.8, 4) is 11.4 Å². The van der Waals surface area contributed by atoms with Gasteiger partial charge in [0.2, 0.25) is 0 Å². The maximum Gasteiger partial charge on any atom is 0.133 e. The molecule has 3 aromatic heterocycles. The lowest BCUT2D eigenvalue weighted by Crippen LogP contribution is -2.12. The fraction of sp³-hybridized carbons (Fsp3) is 0.263. The van der Waals surface area contributed by atoms with Crippen LogP contribution in [0.2, 0.25) is 0 Å². The maximum atomic E-state index is 4.70. The summed E-state index contributed by atoms with van der Waals surface area (Å²) in [7, 11) is 0. The molecule has 0 atom stereocenters. The van der Waals surface area contributed by atoms with Gasteiger partial charge in [-0.15, -0.1) is 0 Å². The van der Waals surface area contributed by atoms with Crippen LogP contribution in [0.3, 0.4) is 0 Å². The molecule has 1 aliphatic carbocycles. The van der Waals surface area contributed by atoms with Gasteiger partial charge in [0.1, 0.15) is 12.1 Å². The number of hydrogen-bond acceptors (Lipinski definition) is 5. The minimum atomic E-state index is 0.643. The predicted molar refractivity (Wildman–Crippen MR) is 93.5 cm³/mol. The normalized spacial score (nSPS) is 13.3. The minimum absolute atomic E-state index is 0.643. The monoisotopic (exact) mass is 317 g/mol. The van der Waals surface area contributed by atoms with Gasteiger partial charge in [0.15, 0.2) is 0 Å². The Balaban J connectivity index is 1.53. The van der Waals surface area contributed by atoms with Gasteiger partial charge in [-0.05, 0) is 49.9 Å². The Labute approximate surface area is 141 Å². The van der Waals surface area contributed by atoms with Crippen molar-refractivity contribution < 1.29 is 0 Å². The third kappa shape index (κ3) is 3.11. The highest BCUT2D eigenvalue weighted by atomic mass is 15.0. The van der Waals surface area contributed by atoms with Crippen molar-refractivity contribution >= 4 is 5.82 Å². The smallest absolute Gasteiger partial charge is 0.133 e. The Morgan fingerprint density at radius 2 is 1.79 bits per heavy atom. The number of nitrogens with one attached hydrogen (secondary N) is 1. The van der Waals surface area contributed by atoms with E-state index in [-0.39, 0.29) is 0 Å². The van der Waals surface area contributed by atoms with E-state index in [2.05, 4.69) is 20.3 Å². The number of rotatable bonds is 4. The summed E-state index contributed by atoms with van der Waals surface area (Å²) in [4.78, 5) is 17.9. The molecule has 120 valence electrons. The Bertz CT molecular complexity index is 832. The number of hydrogen-bond donors (Lipinski definition) is 1. The lowest BCUT2D eigenvalue weighted by molar-refractivity contribution is 0.663. The zero-order valence-electron chi connectivity index (χ0n) is 13.4. The first-order valence-electron chi connectivity index (χ1n) is 8.34. The van der Waals surface area contributed by atoms with Crippen molar-refractivity contribution in [2.75, 3.05) is 5.32 Å². The lowest BCUT2D eigenvalue weighted by atomic mass is 9.96. The summed E-state index contributed by atoms with van der Waals surface area (Å²) in [5, 5.41) is 3.43. The van der Waals surface area contributed by atoms with Crippen molar-refractivity contribution in [3.63, 3.8) is 0 Å². The average Bonchev–Trinajstić information content (AvgIpc) is 2.67. The van der Waals surface area contributed by atoms with Crippen LogP contribution in [0, 0.1) is 0 Å². The molecule has 0 saturated carbocycles. The molecule has 1 N–H and O–H groups in total. The van der Waals surface area contributed by atoms with Crippen LogP contribution in [0.5, 0.6) is 0 Å². The minimum Gasteiger partial charge on any atom is -0.364 e. The van der Waals surface area contributed by atoms with Gasteiger partial charge in [0, 0.05) is 17.5 Å². The fourth-order valence-corrected chi connectivity index (χ4v) is 3.08. The summed E-state index contributed by atoms with van der Waals surface area (Å²) in [6.07, 6.45) is 7.98. The van der Waals surface area contributed by atoms with Crippen molar-refractivity contribution in [2.24, 2.45) is 0 Å². The van der Waals surface area contributed by atoms with Crippen LogP contribution in [0.15, 0.2) is 48.9 Å². The third-order valence-corrected chi connectivity index (χ3v) is 4.30. The van der Waals surface area contributed by atoms with E-state index in [0.717, 1.165) is 35.7 Å². The number of anilines is 1. The highest BCUT2D eigenvalue weighted by molar-refractivity contribution is 5.54. The van der Waals surface area contributed by atoms with Crippen LogP contribution >= 0.6 is 0 Å². The molecule has 0 radical (unpaired) electrons. The molecule has 0 bridgehead atoms. The topological polar surface area (TPSA) is 63.6 Å². The van der Waals surface area contributed by atoms with E-state index >= 15 is 0 Å². The number of aryl methyl sites for hydroxylation is 1. The zero-order chi connectivity index (χ0) is 16.2. The van der Waals surface area contributed by atoms with E-state index in [0.29, 0.717) is 6.54 Å². The molecule has 1 aliphatic rings. The van der Waals surface area contributed by atoms with Gasteiger partial charge in [-0.3, -0.25) is 4.98 Å². The van der Waals surface area contributed by atoms with Crippen molar-refractivity contribution in [1.29, 1.82) is 0 Å².